The smallest absolute Gasteiger partial charge is 0.227 e. The maximum atomic E-state index is 12.5. The van der Waals surface area contributed by atoms with Crippen LogP contribution in [0.15, 0.2) is 48.8 Å². The van der Waals surface area contributed by atoms with E-state index in [0.717, 1.165) is 38.3 Å². The van der Waals surface area contributed by atoms with Crippen LogP contribution in [0.3, 0.4) is 0 Å². The molecule has 0 atom stereocenters. The molecule has 2 aliphatic rings. The van der Waals surface area contributed by atoms with Crippen molar-refractivity contribution < 1.29 is 4.79 Å². The van der Waals surface area contributed by atoms with Gasteiger partial charge in [0.1, 0.15) is 0 Å². The van der Waals surface area contributed by atoms with E-state index in [4.69, 9.17) is 11.6 Å². The lowest BCUT2D eigenvalue weighted by molar-refractivity contribution is -0.146. The first-order chi connectivity index (χ1) is 12.6. The number of hydrogen-bond donors (Lipinski definition) is 0. The van der Waals surface area contributed by atoms with Gasteiger partial charge < -0.3 is 4.90 Å². The van der Waals surface area contributed by atoms with E-state index in [1.807, 2.05) is 47.6 Å². The molecule has 4 rings (SSSR count). The van der Waals surface area contributed by atoms with Crippen LogP contribution in [0, 0.1) is 5.41 Å². The highest BCUT2D eigenvalue weighted by molar-refractivity contribution is 6.30. The molecule has 2 saturated heterocycles. The van der Waals surface area contributed by atoms with Gasteiger partial charge in [-0.2, -0.15) is 0 Å². The van der Waals surface area contributed by atoms with Crippen LogP contribution in [0.25, 0.3) is 0 Å². The molecule has 0 bridgehead atoms. The number of benzene rings is 1. The first kappa shape index (κ1) is 17.5. The number of likely N-dealkylation sites (tertiary alicyclic amines) is 2. The van der Waals surface area contributed by atoms with Crippen LogP contribution >= 0.6 is 11.6 Å². The Bertz CT molecular complexity index is 747. The monoisotopic (exact) mass is 369 g/mol. The van der Waals surface area contributed by atoms with Crippen LogP contribution in [-0.2, 0) is 17.8 Å². The minimum atomic E-state index is 0.232. The van der Waals surface area contributed by atoms with Crippen LogP contribution in [-0.4, -0.2) is 46.9 Å². The van der Waals surface area contributed by atoms with Crippen molar-refractivity contribution >= 4 is 17.5 Å². The second kappa shape index (κ2) is 7.37. The number of amides is 1. The van der Waals surface area contributed by atoms with Gasteiger partial charge in [-0.3, -0.25) is 14.7 Å². The van der Waals surface area contributed by atoms with Crippen molar-refractivity contribution in [3.63, 3.8) is 0 Å². The third kappa shape index (κ3) is 3.92. The van der Waals surface area contributed by atoms with E-state index >= 15 is 0 Å². The highest BCUT2D eigenvalue weighted by atomic mass is 35.5. The lowest BCUT2D eigenvalue weighted by atomic mass is 9.71. The molecule has 1 amide bonds. The Morgan fingerprint density at radius 2 is 1.81 bits per heavy atom. The summed E-state index contributed by atoms with van der Waals surface area (Å²) >= 11 is 5.91. The zero-order valence-electron chi connectivity index (χ0n) is 14.9. The standard InChI is InChI=1S/C21H24ClN3O/c22-19-5-3-17(4-6-19)12-20(26)25-15-21(16-25)7-10-24(11-8-21)14-18-2-1-9-23-13-18/h1-6,9,13H,7-8,10-12,14-16H2. The summed E-state index contributed by atoms with van der Waals surface area (Å²) in [6.07, 6.45) is 6.60. The average Bonchev–Trinajstić information content (AvgIpc) is 2.63. The molecule has 1 aromatic carbocycles. The number of carbonyl (C=O) groups is 1. The number of rotatable bonds is 4. The van der Waals surface area contributed by atoms with Gasteiger partial charge in [0, 0.05) is 42.5 Å². The topological polar surface area (TPSA) is 36.4 Å². The number of halogens is 1. The summed E-state index contributed by atoms with van der Waals surface area (Å²) in [6, 6.07) is 11.7. The Morgan fingerprint density at radius 1 is 1.08 bits per heavy atom. The molecule has 0 aliphatic carbocycles. The van der Waals surface area contributed by atoms with Gasteiger partial charge in [0.15, 0.2) is 0 Å². The molecule has 4 nitrogen and oxygen atoms in total. The minimum Gasteiger partial charge on any atom is -0.341 e. The summed E-state index contributed by atoms with van der Waals surface area (Å²) in [5, 5.41) is 0.710. The van der Waals surface area contributed by atoms with Crippen LogP contribution in [0.4, 0.5) is 0 Å². The molecule has 1 aromatic heterocycles. The molecule has 5 heteroatoms. The quantitative estimate of drug-likeness (QED) is 0.828. The zero-order chi connectivity index (χ0) is 18.0. The van der Waals surface area contributed by atoms with Gasteiger partial charge in [-0.1, -0.05) is 29.8 Å². The largest absolute Gasteiger partial charge is 0.341 e. The maximum Gasteiger partial charge on any atom is 0.227 e. The molecule has 1 spiro atoms. The first-order valence-corrected chi connectivity index (χ1v) is 9.63. The van der Waals surface area contributed by atoms with Crippen molar-refractivity contribution in [3.05, 3.63) is 64.9 Å². The van der Waals surface area contributed by atoms with Gasteiger partial charge in [0.25, 0.3) is 0 Å². The SMILES string of the molecule is O=C(Cc1ccc(Cl)cc1)N1CC2(CCN(Cc3cccnc3)CC2)C1. The summed E-state index contributed by atoms with van der Waals surface area (Å²) in [4.78, 5) is 21.2. The van der Waals surface area contributed by atoms with Crippen LogP contribution in [0.1, 0.15) is 24.0 Å². The molecule has 0 radical (unpaired) electrons. The number of pyridine rings is 1. The second-order valence-corrected chi connectivity index (χ2v) is 8.13. The van der Waals surface area contributed by atoms with Crippen molar-refractivity contribution in [2.24, 2.45) is 5.41 Å². The number of piperidine rings is 1. The lowest BCUT2D eigenvalue weighted by Gasteiger charge is -2.54. The number of carbonyl (C=O) groups excluding carboxylic acids is 1. The molecule has 136 valence electrons. The Labute approximate surface area is 159 Å². The van der Waals surface area contributed by atoms with E-state index in [-0.39, 0.29) is 5.91 Å². The van der Waals surface area contributed by atoms with Crippen molar-refractivity contribution in [2.75, 3.05) is 26.2 Å². The van der Waals surface area contributed by atoms with Crippen molar-refractivity contribution in [2.45, 2.75) is 25.8 Å². The van der Waals surface area contributed by atoms with Gasteiger partial charge in [-0.25, -0.2) is 0 Å². The molecule has 0 N–H and O–H groups in total. The third-order valence-corrected chi connectivity index (χ3v) is 5.97. The van der Waals surface area contributed by atoms with Crippen LogP contribution in [0.2, 0.25) is 5.02 Å². The highest BCUT2D eigenvalue weighted by Gasteiger charge is 2.46. The maximum absolute atomic E-state index is 12.5. The molecule has 2 aliphatic heterocycles. The molecule has 2 aromatic rings. The summed E-state index contributed by atoms with van der Waals surface area (Å²) in [6.45, 7) is 5.02. The molecule has 0 unspecified atom stereocenters. The van der Waals surface area contributed by atoms with Gasteiger partial charge in [-0.05, 0) is 55.3 Å². The van der Waals surface area contributed by atoms with E-state index in [1.54, 1.807) is 0 Å². The minimum absolute atomic E-state index is 0.232. The third-order valence-electron chi connectivity index (χ3n) is 5.72. The van der Waals surface area contributed by atoms with E-state index in [2.05, 4.69) is 16.0 Å². The van der Waals surface area contributed by atoms with Crippen molar-refractivity contribution in [1.29, 1.82) is 0 Å². The average molecular weight is 370 g/mol. The first-order valence-electron chi connectivity index (χ1n) is 9.25. The predicted octanol–water partition coefficient (Wildman–Crippen LogP) is 3.40. The molecule has 2 fully saturated rings. The highest BCUT2D eigenvalue weighted by Crippen LogP contribution is 2.40. The molecule has 3 heterocycles. The summed E-state index contributed by atoms with van der Waals surface area (Å²) in [5.41, 5.74) is 2.66. The van der Waals surface area contributed by atoms with E-state index in [1.165, 1.54) is 18.4 Å². The second-order valence-electron chi connectivity index (χ2n) is 7.69. The predicted molar refractivity (Wildman–Crippen MR) is 103 cm³/mol. The van der Waals surface area contributed by atoms with Gasteiger partial charge in [0.05, 0.1) is 6.42 Å². The number of aromatic nitrogens is 1. The van der Waals surface area contributed by atoms with Crippen molar-refractivity contribution in [1.82, 2.24) is 14.8 Å². The summed E-state index contributed by atoms with van der Waals surface area (Å²) in [5.74, 6) is 0.232. The van der Waals surface area contributed by atoms with E-state index in [0.29, 0.717) is 16.9 Å². The summed E-state index contributed by atoms with van der Waals surface area (Å²) < 4.78 is 0. The van der Waals surface area contributed by atoms with Gasteiger partial charge in [0.2, 0.25) is 5.91 Å². The fourth-order valence-electron chi connectivity index (χ4n) is 4.08. The van der Waals surface area contributed by atoms with Gasteiger partial charge in [-0.15, -0.1) is 0 Å². The van der Waals surface area contributed by atoms with E-state index in [9.17, 15) is 4.79 Å². The van der Waals surface area contributed by atoms with Crippen LogP contribution in [0.5, 0.6) is 0 Å². The molecular formula is C21H24ClN3O. The number of hydrogen-bond acceptors (Lipinski definition) is 3. The van der Waals surface area contributed by atoms with Crippen LogP contribution < -0.4 is 0 Å². The normalized spacial score (nSPS) is 19.3. The Kier molecular flexibility index (Phi) is 4.96. The molecule has 26 heavy (non-hydrogen) atoms. The Balaban J connectivity index is 1.24. The Hall–Kier alpha value is -1.91. The lowest BCUT2D eigenvalue weighted by Crippen LogP contribution is -2.62. The Morgan fingerprint density at radius 3 is 2.46 bits per heavy atom. The summed E-state index contributed by atoms with van der Waals surface area (Å²) in [7, 11) is 0. The molecule has 0 saturated carbocycles. The van der Waals surface area contributed by atoms with Crippen molar-refractivity contribution in [3.8, 4) is 0 Å². The van der Waals surface area contributed by atoms with Gasteiger partial charge >= 0.3 is 0 Å². The zero-order valence-corrected chi connectivity index (χ0v) is 15.7. The fourth-order valence-corrected chi connectivity index (χ4v) is 4.21. The fraction of sp³-hybridized carbons (Fsp3) is 0.429. The molecular weight excluding hydrogens is 346 g/mol. The number of nitrogens with zero attached hydrogens (tertiary/aromatic N) is 3. The van der Waals surface area contributed by atoms with E-state index < -0.39 is 0 Å².